The lowest BCUT2D eigenvalue weighted by Gasteiger charge is -2.47. The molecule has 12 heteroatoms. The molecule has 2 N–H and O–H groups in total. The van der Waals surface area contributed by atoms with Crippen LogP contribution in [-0.2, 0) is 7.05 Å². The predicted molar refractivity (Wildman–Crippen MR) is 139 cm³/mol. The number of hydrogen-bond donors (Lipinski definition) is 2. The van der Waals surface area contributed by atoms with Crippen molar-refractivity contribution in [1.82, 2.24) is 34.7 Å². The average Bonchev–Trinajstić information content (AvgIpc) is 3.49. The van der Waals surface area contributed by atoms with E-state index in [2.05, 4.69) is 49.8 Å². The third-order valence-electron chi connectivity index (χ3n) is 7.87. The van der Waals surface area contributed by atoms with Gasteiger partial charge in [-0.2, -0.15) is 14.3 Å². The second-order valence-electron chi connectivity index (χ2n) is 11.1. The molecule has 6 rings (SSSR count). The van der Waals surface area contributed by atoms with Gasteiger partial charge in [0.15, 0.2) is 5.82 Å². The first-order chi connectivity index (χ1) is 17.7. The summed E-state index contributed by atoms with van der Waals surface area (Å²) in [5.41, 5.74) is 1.09. The molecule has 3 aromatic rings. The summed E-state index contributed by atoms with van der Waals surface area (Å²) < 4.78 is 17.5. The standard InChI is InChI=1S/C25H31ClFN9O/c1-25(2)12-15(9-16-5-4-8-35(16)25)29-22-18(26)13-28-23(31-22)30-20-11-21(36-24(37)34(3)32-33-36)17(10-19(20)27)14-6-7-14/h10-11,13-16H,4-9,12H2,1-3H3,(H2,28,29,30,31). The Morgan fingerprint density at radius 3 is 2.73 bits per heavy atom. The lowest BCUT2D eigenvalue weighted by molar-refractivity contribution is 0.0501. The van der Waals surface area contributed by atoms with E-state index in [9.17, 15) is 4.79 Å². The Bertz CT molecular complexity index is 1400. The molecule has 37 heavy (non-hydrogen) atoms. The van der Waals surface area contributed by atoms with Gasteiger partial charge >= 0.3 is 5.69 Å². The molecule has 2 unspecified atom stereocenters. The molecule has 3 fully saturated rings. The van der Waals surface area contributed by atoms with E-state index < -0.39 is 11.5 Å². The van der Waals surface area contributed by atoms with E-state index in [1.165, 1.54) is 36.8 Å². The summed E-state index contributed by atoms with van der Waals surface area (Å²) in [5, 5.41) is 14.7. The molecule has 0 radical (unpaired) electrons. The van der Waals surface area contributed by atoms with Crippen molar-refractivity contribution in [2.24, 2.45) is 7.05 Å². The minimum atomic E-state index is -0.453. The fourth-order valence-corrected chi connectivity index (χ4v) is 6.15. The zero-order valence-electron chi connectivity index (χ0n) is 21.2. The molecule has 2 aliphatic heterocycles. The number of aryl methyl sites for hydroxylation is 1. The van der Waals surface area contributed by atoms with Crippen LogP contribution in [0.3, 0.4) is 0 Å². The monoisotopic (exact) mass is 527 g/mol. The number of fused-ring (bicyclic) bond motifs is 1. The van der Waals surface area contributed by atoms with Crippen LogP contribution >= 0.6 is 11.6 Å². The molecule has 196 valence electrons. The number of hydrogen-bond acceptors (Lipinski definition) is 8. The molecular formula is C25H31ClFN9O. The number of tetrazole rings is 1. The maximum absolute atomic E-state index is 15.2. The number of nitrogens with zero attached hydrogens (tertiary/aromatic N) is 7. The predicted octanol–water partition coefficient (Wildman–Crippen LogP) is 3.99. The van der Waals surface area contributed by atoms with Gasteiger partial charge in [-0.1, -0.05) is 11.6 Å². The van der Waals surface area contributed by atoms with Gasteiger partial charge in [0.25, 0.3) is 0 Å². The highest BCUT2D eigenvalue weighted by molar-refractivity contribution is 6.32. The molecular weight excluding hydrogens is 497 g/mol. The van der Waals surface area contributed by atoms with E-state index in [0.29, 0.717) is 22.6 Å². The normalized spacial score (nSPS) is 23.2. The molecule has 10 nitrogen and oxygen atoms in total. The lowest BCUT2D eigenvalue weighted by atomic mass is 9.84. The Hall–Kier alpha value is -3.05. The first kappa shape index (κ1) is 24.3. The van der Waals surface area contributed by atoms with Gasteiger partial charge in [-0.15, -0.1) is 0 Å². The van der Waals surface area contributed by atoms with Crippen LogP contribution in [0.4, 0.5) is 21.8 Å². The summed E-state index contributed by atoms with van der Waals surface area (Å²) in [7, 11) is 1.53. The van der Waals surface area contributed by atoms with Crippen LogP contribution in [0.15, 0.2) is 23.1 Å². The molecule has 4 heterocycles. The molecule has 1 aliphatic carbocycles. The topological polar surface area (TPSA) is 106 Å². The summed E-state index contributed by atoms with van der Waals surface area (Å²) in [6.45, 7) is 5.74. The Morgan fingerprint density at radius 1 is 1.19 bits per heavy atom. The molecule has 2 saturated heterocycles. The summed E-state index contributed by atoms with van der Waals surface area (Å²) in [4.78, 5) is 24.0. The van der Waals surface area contributed by atoms with E-state index in [1.807, 2.05) is 0 Å². The number of benzene rings is 1. The van der Waals surface area contributed by atoms with E-state index in [1.54, 1.807) is 6.07 Å². The maximum Gasteiger partial charge on any atom is 0.368 e. The number of anilines is 3. The van der Waals surface area contributed by atoms with Gasteiger partial charge in [-0.25, -0.2) is 14.2 Å². The third kappa shape index (κ3) is 4.59. The zero-order chi connectivity index (χ0) is 25.9. The molecule has 0 spiro atoms. The van der Waals surface area contributed by atoms with Crippen LogP contribution in [0.25, 0.3) is 5.69 Å². The third-order valence-corrected chi connectivity index (χ3v) is 8.15. The number of aromatic nitrogens is 6. The van der Waals surface area contributed by atoms with Crippen molar-refractivity contribution < 1.29 is 4.39 Å². The Morgan fingerprint density at radius 2 is 2.00 bits per heavy atom. The highest BCUT2D eigenvalue weighted by Gasteiger charge is 2.43. The second kappa shape index (κ2) is 9.05. The van der Waals surface area contributed by atoms with Gasteiger partial charge in [0.2, 0.25) is 5.95 Å². The quantitative estimate of drug-likeness (QED) is 0.496. The van der Waals surface area contributed by atoms with Crippen molar-refractivity contribution in [3.05, 3.63) is 45.2 Å². The van der Waals surface area contributed by atoms with Gasteiger partial charge in [0.1, 0.15) is 10.8 Å². The van der Waals surface area contributed by atoms with Crippen LogP contribution in [-0.4, -0.2) is 58.8 Å². The number of halogens is 2. The molecule has 2 atom stereocenters. The maximum atomic E-state index is 15.2. The summed E-state index contributed by atoms with van der Waals surface area (Å²) in [6.07, 6.45) is 7.84. The van der Waals surface area contributed by atoms with Crippen LogP contribution in [0.2, 0.25) is 5.02 Å². The summed E-state index contributed by atoms with van der Waals surface area (Å²) in [6, 6.07) is 3.81. The number of nitrogens with one attached hydrogen (secondary N) is 2. The van der Waals surface area contributed by atoms with Crippen LogP contribution < -0.4 is 16.3 Å². The van der Waals surface area contributed by atoms with Gasteiger partial charge in [0, 0.05) is 24.7 Å². The minimum absolute atomic E-state index is 0.0961. The van der Waals surface area contributed by atoms with Crippen molar-refractivity contribution in [3.8, 4) is 5.69 Å². The summed E-state index contributed by atoms with van der Waals surface area (Å²) >= 11 is 6.46. The molecule has 3 aliphatic rings. The zero-order valence-corrected chi connectivity index (χ0v) is 22.0. The van der Waals surface area contributed by atoms with Gasteiger partial charge in [-0.05, 0) is 93.0 Å². The number of rotatable bonds is 6. The fraction of sp³-hybridized carbons (Fsp3) is 0.560. The van der Waals surface area contributed by atoms with Crippen molar-refractivity contribution in [3.63, 3.8) is 0 Å². The smallest absolute Gasteiger partial charge is 0.366 e. The lowest BCUT2D eigenvalue weighted by Crippen LogP contribution is -2.55. The van der Waals surface area contributed by atoms with E-state index in [0.717, 1.165) is 42.5 Å². The van der Waals surface area contributed by atoms with Crippen molar-refractivity contribution >= 4 is 29.1 Å². The van der Waals surface area contributed by atoms with Gasteiger partial charge in [-0.3, -0.25) is 4.90 Å². The SMILES string of the molecule is Cn1nnn(-c2cc(Nc3ncc(Cl)c(NC4CC5CCCN5C(C)(C)C4)n3)c(F)cc2C2CC2)c1=O. The van der Waals surface area contributed by atoms with Crippen molar-refractivity contribution in [1.29, 1.82) is 0 Å². The highest BCUT2D eigenvalue weighted by atomic mass is 35.5. The molecule has 1 aromatic carbocycles. The Balaban J connectivity index is 1.27. The number of piperidine rings is 1. The van der Waals surface area contributed by atoms with Crippen molar-refractivity contribution in [2.75, 3.05) is 17.2 Å². The fourth-order valence-electron chi connectivity index (χ4n) is 6.00. The minimum Gasteiger partial charge on any atom is -0.366 e. The van der Waals surface area contributed by atoms with E-state index in [4.69, 9.17) is 11.6 Å². The Kier molecular flexibility index (Phi) is 5.95. The van der Waals surface area contributed by atoms with E-state index in [-0.39, 0.29) is 29.1 Å². The van der Waals surface area contributed by atoms with Crippen LogP contribution in [0.5, 0.6) is 0 Å². The van der Waals surface area contributed by atoms with Gasteiger partial charge in [0.05, 0.1) is 17.6 Å². The molecule has 2 aromatic heterocycles. The first-order valence-corrected chi connectivity index (χ1v) is 13.2. The molecule has 1 saturated carbocycles. The average molecular weight is 528 g/mol. The van der Waals surface area contributed by atoms with Crippen molar-refractivity contribution in [2.45, 2.75) is 75.9 Å². The second-order valence-corrected chi connectivity index (χ2v) is 11.5. The van der Waals surface area contributed by atoms with Gasteiger partial charge < -0.3 is 10.6 Å². The highest BCUT2D eigenvalue weighted by Crippen LogP contribution is 2.44. The molecule has 0 bridgehead atoms. The molecule has 0 amide bonds. The van der Waals surface area contributed by atoms with Crippen LogP contribution in [0, 0.1) is 5.82 Å². The van der Waals surface area contributed by atoms with Crippen LogP contribution in [0.1, 0.15) is 63.9 Å². The summed E-state index contributed by atoms with van der Waals surface area (Å²) in [5.74, 6) is 0.475. The Labute approximate surface area is 219 Å². The largest absolute Gasteiger partial charge is 0.368 e. The first-order valence-electron chi connectivity index (χ1n) is 12.9. The van der Waals surface area contributed by atoms with E-state index >= 15 is 4.39 Å².